The second-order valence-electron chi connectivity index (χ2n) is 7.00. The van der Waals surface area contributed by atoms with Gasteiger partial charge in [-0.15, -0.1) is 0 Å². The van der Waals surface area contributed by atoms with Crippen LogP contribution in [-0.4, -0.2) is 75.1 Å². The van der Waals surface area contributed by atoms with Gasteiger partial charge in [0.05, 0.1) is 46.2 Å². The third-order valence-electron chi connectivity index (χ3n) is 3.86. The standard InChI is InChI=1S/C16H30O7/c1-15(2)20-8-13(9-21-15)18-6-12(5-17)7-19-14-10-22-16(3,4)23-11-14/h12-14,17H,5-11H2,1-4H3. The van der Waals surface area contributed by atoms with Gasteiger partial charge in [0.25, 0.3) is 0 Å². The van der Waals surface area contributed by atoms with Crippen LogP contribution in [0.15, 0.2) is 0 Å². The zero-order valence-corrected chi connectivity index (χ0v) is 14.6. The molecule has 0 aliphatic carbocycles. The molecule has 2 rings (SSSR count). The van der Waals surface area contributed by atoms with Gasteiger partial charge in [-0.3, -0.25) is 0 Å². The molecule has 0 saturated carbocycles. The molecule has 0 atom stereocenters. The van der Waals surface area contributed by atoms with Gasteiger partial charge in [0.2, 0.25) is 0 Å². The molecule has 2 saturated heterocycles. The molecule has 0 aromatic rings. The maximum atomic E-state index is 9.47. The molecule has 2 fully saturated rings. The van der Waals surface area contributed by atoms with Crippen LogP contribution < -0.4 is 0 Å². The quantitative estimate of drug-likeness (QED) is 0.742. The molecule has 0 amide bonds. The van der Waals surface area contributed by atoms with Gasteiger partial charge in [-0.2, -0.15) is 0 Å². The van der Waals surface area contributed by atoms with Crippen molar-refractivity contribution in [2.24, 2.45) is 5.92 Å². The Morgan fingerprint density at radius 1 is 0.826 bits per heavy atom. The van der Waals surface area contributed by atoms with Gasteiger partial charge < -0.3 is 33.5 Å². The van der Waals surface area contributed by atoms with E-state index in [1.807, 2.05) is 27.7 Å². The molecular weight excluding hydrogens is 304 g/mol. The average molecular weight is 334 g/mol. The Kier molecular flexibility index (Phi) is 6.79. The number of rotatable bonds is 7. The molecule has 23 heavy (non-hydrogen) atoms. The Morgan fingerprint density at radius 3 is 1.48 bits per heavy atom. The maximum absolute atomic E-state index is 9.47. The minimum Gasteiger partial charge on any atom is -0.396 e. The van der Waals surface area contributed by atoms with Crippen molar-refractivity contribution in [3.63, 3.8) is 0 Å². The Labute approximate surface area is 138 Å². The number of hydrogen-bond acceptors (Lipinski definition) is 7. The van der Waals surface area contributed by atoms with Crippen molar-refractivity contribution in [3.8, 4) is 0 Å². The Bertz CT molecular complexity index is 306. The van der Waals surface area contributed by atoms with E-state index in [9.17, 15) is 5.11 Å². The summed E-state index contributed by atoms with van der Waals surface area (Å²) in [5.41, 5.74) is 0. The third kappa shape index (κ3) is 6.62. The number of ether oxygens (including phenoxy) is 6. The molecule has 2 aliphatic heterocycles. The lowest BCUT2D eigenvalue weighted by Crippen LogP contribution is -2.44. The Morgan fingerprint density at radius 2 is 1.17 bits per heavy atom. The summed E-state index contributed by atoms with van der Waals surface area (Å²) in [7, 11) is 0. The lowest BCUT2D eigenvalue weighted by molar-refractivity contribution is -0.285. The highest BCUT2D eigenvalue weighted by molar-refractivity contribution is 4.70. The third-order valence-corrected chi connectivity index (χ3v) is 3.86. The van der Waals surface area contributed by atoms with E-state index >= 15 is 0 Å². The van der Waals surface area contributed by atoms with E-state index in [1.54, 1.807) is 0 Å². The normalized spacial score (nSPS) is 25.8. The zero-order valence-electron chi connectivity index (χ0n) is 14.6. The van der Waals surface area contributed by atoms with Crippen LogP contribution in [-0.2, 0) is 28.4 Å². The van der Waals surface area contributed by atoms with Crippen molar-refractivity contribution in [2.45, 2.75) is 51.5 Å². The van der Waals surface area contributed by atoms with E-state index in [4.69, 9.17) is 28.4 Å². The van der Waals surface area contributed by atoms with Gasteiger partial charge in [0.1, 0.15) is 12.2 Å². The summed E-state index contributed by atoms with van der Waals surface area (Å²) in [6.07, 6.45) is -0.224. The summed E-state index contributed by atoms with van der Waals surface area (Å²) in [5, 5.41) is 9.47. The molecule has 7 heteroatoms. The summed E-state index contributed by atoms with van der Waals surface area (Å²) in [5.74, 6) is -1.19. The van der Waals surface area contributed by atoms with Crippen molar-refractivity contribution >= 4 is 0 Å². The van der Waals surface area contributed by atoms with Gasteiger partial charge in [-0.05, 0) is 27.7 Å². The molecule has 0 unspecified atom stereocenters. The van der Waals surface area contributed by atoms with Crippen LogP contribution in [0.3, 0.4) is 0 Å². The van der Waals surface area contributed by atoms with Gasteiger partial charge in [0, 0.05) is 5.92 Å². The molecule has 0 spiro atoms. The first-order chi connectivity index (χ1) is 10.8. The second-order valence-corrected chi connectivity index (χ2v) is 7.00. The summed E-state index contributed by atoms with van der Waals surface area (Å²) in [6.45, 7) is 10.3. The van der Waals surface area contributed by atoms with Crippen LogP contribution in [0.4, 0.5) is 0 Å². The molecule has 136 valence electrons. The highest BCUT2D eigenvalue weighted by atomic mass is 16.7. The topological polar surface area (TPSA) is 75.6 Å². The van der Waals surface area contributed by atoms with Crippen LogP contribution in [0.25, 0.3) is 0 Å². The number of aliphatic hydroxyl groups is 1. The predicted molar refractivity (Wildman–Crippen MR) is 82.0 cm³/mol. The summed E-state index contributed by atoms with van der Waals surface area (Å²) >= 11 is 0. The monoisotopic (exact) mass is 334 g/mol. The van der Waals surface area contributed by atoms with E-state index in [0.29, 0.717) is 39.6 Å². The molecule has 1 N–H and O–H groups in total. The van der Waals surface area contributed by atoms with Crippen molar-refractivity contribution in [2.75, 3.05) is 46.2 Å². The van der Waals surface area contributed by atoms with Crippen LogP contribution in [0.1, 0.15) is 27.7 Å². The molecule has 2 aliphatic rings. The Balaban J connectivity index is 1.62. The van der Waals surface area contributed by atoms with Gasteiger partial charge in [-0.25, -0.2) is 0 Å². The fourth-order valence-corrected chi connectivity index (χ4v) is 2.24. The smallest absolute Gasteiger partial charge is 0.163 e. The SMILES string of the molecule is CC1(C)OCC(OCC(CO)COC2COC(C)(C)OC2)CO1. The summed E-state index contributed by atoms with van der Waals surface area (Å²) in [4.78, 5) is 0. The van der Waals surface area contributed by atoms with Crippen molar-refractivity contribution in [1.29, 1.82) is 0 Å². The van der Waals surface area contributed by atoms with E-state index in [0.717, 1.165) is 0 Å². The first-order valence-corrected chi connectivity index (χ1v) is 8.19. The zero-order chi connectivity index (χ0) is 16.9. The molecule has 0 aromatic carbocycles. The molecular formula is C16H30O7. The second kappa shape index (κ2) is 8.20. The molecule has 7 nitrogen and oxygen atoms in total. The summed E-state index contributed by atoms with van der Waals surface area (Å²) in [6, 6.07) is 0. The van der Waals surface area contributed by atoms with Crippen molar-refractivity contribution in [3.05, 3.63) is 0 Å². The fourth-order valence-electron chi connectivity index (χ4n) is 2.24. The highest BCUT2D eigenvalue weighted by Gasteiger charge is 2.30. The van der Waals surface area contributed by atoms with E-state index in [2.05, 4.69) is 0 Å². The van der Waals surface area contributed by atoms with E-state index in [-0.39, 0.29) is 24.7 Å². The maximum Gasteiger partial charge on any atom is 0.163 e. The van der Waals surface area contributed by atoms with Crippen LogP contribution in [0.2, 0.25) is 0 Å². The van der Waals surface area contributed by atoms with Crippen LogP contribution >= 0.6 is 0 Å². The van der Waals surface area contributed by atoms with Crippen LogP contribution in [0, 0.1) is 5.92 Å². The Hall–Kier alpha value is -0.280. The first-order valence-electron chi connectivity index (χ1n) is 8.19. The minimum absolute atomic E-state index is 0.000144. The molecule has 0 radical (unpaired) electrons. The van der Waals surface area contributed by atoms with Crippen molar-refractivity contribution < 1.29 is 33.5 Å². The predicted octanol–water partition coefficient (Wildman–Crippen LogP) is 0.931. The lowest BCUT2D eigenvalue weighted by Gasteiger charge is -2.36. The summed E-state index contributed by atoms with van der Waals surface area (Å²) < 4.78 is 33.7. The largest absolute Gasteiger partial charge is 0.396 e. The molecule has 0 aromatic heterocycles. The van der Waals surface area contributed by atoms with Gasteiger partial charge in [-0.1, -0.05) is 0 Å². The number of aliphatic hydroxyl groups excluding tert-OH is 1. The first kappa shape index (κ1) is 19.1. The van der Waals surface area contributed by atoms with E-state index in [1.165, 1.54) is 0 Å². The molecule has 0 bridgehead atoms. The van der Waals surface area contributed by atoms with Crippen molar-refractivity contribution in [1.82, 2.24) is 0 Å². The number of hydrogen-bond donors (Lipinski definition) is 1. The van der Waals surface area contributed by atoms with Gasteiger partial charge in [0.15, 0.2) is 11.6 Å². The minimum atomic E-state index is -0.548. The lowest BCUT2D eigenvalue weighted by atomic mass is 10.2. The highest BCUT2D eigenvalue weighted by Crippen LogP contribution is 2.20. The fraction of sp³-hybridized carbons (Fsp3) is 1.00. The van der Waals surface area contributed by atoms with Crippen LogP contribution in [0.5, 0.6) is 0 Å². The molecule has 2 heterocycles. The van der Waals surface area contributed by atoms with E-state index < -0.39 is 11.6 Å². The van der Waals surface area contributed by atoms with Gasteiger partial charge >= 0.3 is 0 Å². The average Bonchev–Trinajstić information content (AvgIpc) is 2.50.